The Hall–Kier alpha value is -1.83. The summed E-state index contributed by atoms with van der Waals surface area (Å²) < 4.78 is 0. The van der Waals surface area contributed by atoms with E-state index in [9.17, 15) is 4.79 Å². The van der Waals surface area contributed by atoms with E-state index in [-0.39, 0.29) is 11.9 Å². The van der Waals surface area contributed by atoms with Crippen molar-refractivity contribution in [2.45, 2.75) is 26.3 Å². The zero-order valence-corrected chi connectivity index (χ0v) is 11.3. The Bertz CT molecular complexity index is 301. The first kappa shape index (κ1) is 18.5. The molecule has 0 aliphatic heterocycles. The smallest absolute Gasteiger partial charge is 0.320 e. The summed E-state index contributed by atoms with van der Waals surface area (Å²) in [7, 11) is 3.45. The summed E-state index contributed by atoms with van der Waals surface area (Å²) in [6.45, 7) is 3.89. The summed E-state index contributed by atoms with van der Waals surface area (Å²) >= 11 is 0. The summed E-state index contributed by atoms with van der Waals surface area (Å²) in [6, 6.07) is -0.690. The third-order valence-corrected chi connectivity index (χ3v) is 1.74. The Kier molecular flexibility index (Phi) is 9.50. The average molecular weight is 260 g/mol. The van der Waals surface area contributed by atoms with Gasteiger partial charge in [0.05, 0.1) is 0 Å². The number of nitrogens with one attached hydrogen (secondary N) is 1. The molecule has 0 fully saturated rings. The van der Waals surface area contributed by atoms with Crippen molar-refractivity contribution in [1.29, 1.82) is 5.41 Å². The molecule has 0 rings (SSSR count). The molecule has 0 saturated heterocycles. The number of nitrogens with two attached hydrogens (primary N) is 3. The van der Waals surface area contributed by atoms with Crippen molar-refractivity contribution < 1.29 is 9.90 Å². The van der Waals surface area contributed by atoms with Gasteiger partial charge in [0.1, 0.15) is 6.04 Å². The second-order valence-corrected chi connectivity index (χ2v) is 4.32. The van der Waals surface area contributed by atoms with Crippen molar-refractivity contribution in [3.05, 3.63) is 0 Å². The van der Waals surface area contributed by atoms with Crippen LogP contribution in [-0.2, 0) is 4.79 Å². The number of guanidine groups is 2. The fraction of sp³-hybridized carbons (Fsp3) is 0.700. The lowest BCUT2D eigenvalue weighted by Gasteiger charge is -2.08. The van der Waals surface area contributed by atoms with E-state index in [1.54, 1.807) is 19.0 Å². The van der Waals surface area contributed by atoms with Crippen LogP contribution < -0.4 is 17.2 Å². The Labute approximate surface area is 107 Å². The monoisotopic (exact) mass is 260 g/mol. The maximum atomic E-state index is 10.1. The van der Waals surface area contributed by atoms with E-state index in [1.165, 1.54) is 0 Å². The second-order valence-electron chi connectivity index (χ2n) is 4.32. The first-order valence-corrected chi connectivity index (χ1v) is 5.41. The van der Waals surface area contributed by atoms with Gasteiger partial charge in [0.25, 0.3) is 0 Å². The molecule has 8 heteroatoms. The van der Waals surface area contributed by atoms with Crippen LogP contribution in [0.2, 0.25) is 0 Å². The fourth-order valence-corrected chi connectivity index (χ4v) is 0.832. The van der Waals surface area contributed by atoms with E-state index < -0.39 is 12.0 Å². The Morgan fingerprint density at radius 1 is 1.39 bits per heavy atom. The molecular formula is C10H24N6O2. The molecule has 0 unspecified atom stereocenters. The number of hydrogen-bond donors (Lipinski definition) is 5. The van der Waals surface area contributed by atoms with Crippen molar-refractivity contribution in [2.24, 2.45) is 28.1 Å². The molecule has 0 aromatic rings. The lowest BCUT2D eigenvalue weighted by atomic mass is 10.1. The molecule has 0 spiro atoms. The van der Waals surface area contributed by atoms with Crippen molar-refractivity contribution >= 4 is 17.9 Å². The van der Waals surface area contributed by atoms with Crippen molar-refractivity contribution in [2.75, 3.05) is 14.1 Å². The normalized spacial score (nSPS) is 12.4. The van der Waals surface area contributed by atoms with Gasteiger partial charge in [-0.1, -0.05) is 13.8 Å². The summed E-state index contributed by atoms with van der Waals surface area (Å²) in [5.74, 6) is -0.594. The summed E-state index contributed by atoms with van der Waals surface area (Å²) in [5.41, 5.74) is 15.4. The van der Waals surface area contributed by atoms with Crippen LogP contribution in [0.25, 0.3) is 0 Å². The molecule has 8 nitrogen and oxygen atoms in total. The van der Waals surface area contributed by atoms with Crippen LogP contribution in [-0.4, -0.2) is 48.0 Å². The molecule has 106 valence electrons. The third-order valence-electron chi connectivity index (χ3n) is 1.74. The third kappa shape index (κ3) is 12.2. The zero-order valence-electron chi connectivity index (χ0n) is 11.3. The minimum absolute atomic E-state index is 0.238. The standard InChI is InChI=1S/C6H13NO2.C4H11N5/c1-4(2)3-5(7)6(8)9;1-9(2)4(7)8-3(5)6/h4-5H,3,7H2,1-2H3,(H,8,9);1-2H3,(H5,5,6,7,8)/t5-;/m0./s1. The predicted octanol–water partition coefficient (Wildman–Crippen LogP) is -0.799. The molecule has 0 radical (unpaired) electrons. The first-order chi connectivity index (χ1) is 8.07. The number of carboxylic acids is 1. The van der Waals surface area contributed by atoms with Gasteiger partial charge in [-0.15, -0.1) is 0 Å². The highest BCUT2D eigenvalue weighted by atomic mass is 16.4. The molecule has 0 aromatic heterocycles. The second kappa shape index (κ2) is 9.23. The highest BCUT2D eigenvalue weighted by molar-refractivity contribution is 5.91. The van der Waals surface area contributed by atoms with Crippen LogP contribution >= 0.6 is 0 Å². The number of hydrogen-bond acceptors (Lipinski definition) is 3. The highest BCUT2D eigenvalue weighted by Crippen LogP contribution is 2.01. The largest absolute Gasteiger partial charge is 0.480 e. The Morgan fingerprint density at radius 3 is 1.94 bits per heavy atom. The molecule has 0 aliphatic carbocycles. The lowest BCUT2D eigenvalue weighted by molar-refractivity contribution is -0.138. The number of rotatable bonds is 3. The first-order valence-electron chi connectivity index (χ1n) is 5.41. The van der Waals surface area contributed by atoms with Crippen LogP contribution in [0.5, 0.6) is 0 Å². The van der Waals surface area contributed by atoms with Crippen molar-refractivity contribution in [3.8, 4) is 0 Å². The minimum Gasteiger partial charge on any atom is -0.480 e. The number of carboxylic acid groups (broad SMARTS) is 1. The predicted molar refractivity (Wildman–Crippen MR) is 72.3 cm³/mol. The molecule has 0 aromatic carbocycles. The molecular weight excluding hydrogens is 236 g/mol. The van der Waals surface area contributed by atoms with Gasteiger partial charge >= 0.3 is 5.97 Å². The van der Waals surface area contributed by atoms with E-state index in [4.69, 9.17) is 27.7 Å². The fourth-order valence-electron chi connectivity index (χ4n) is 0.832. The number of aliphatic imine (C=N–C) groups is 1. The van der Waals surface area contributed by atoms with Gasteiger partial charge < -0.3 is 27.2 Å². The molecule has 0 aliphatic rings. The van der Waals surface area contributed by atoms with Crippen LogP contribution in [0, 0.1) is 11.3 Å². The number of aliphatic carboxylic acids is 1. The van der Waals surface area contributed by atoms with Gasteiger partial charge in [0, 0.05) is 14.1 Å². The summed E-state index contributed by atoms with van der Waals surface area (Å²) in [5, 5.41) is 15.0. The topological polar surface area (TPSA) is 155 Å². The summed E-state index contributed by atoms with van der Waals surface area (Å²) in [6.07, 6.45) is 0.551. The van der Waals surface area contributed by atoms with Crippen molar-refractivity contribution in [3.63, 3.8) is 0 Å². The van der Waals surface area contributed by atoms with Gasteiger partial charge in [0.2, 0.25) is 5.96 Å². The zero-order chi connectivity index (χ0) is 14.9. The minimum atomic E-state index is -0.913. The number of nitrogens with zero attached hydrogens (tertiary/aromatic N) is 2. The molecule has 0 bridgehead atoms. The Balaban J connectivity index is 0. The molecule has 0 amide bonds. The van der Waals surface area contributed by atoms with Gasteiger partial charge in [-0.2, -0.15) is 4.99 Å². The maximum Gasteiger partial charge on any atom is 0.320 e. The van der Waals surface area contributed by atoms with Gasteiger partial charge in [-0.3, -0.25) is 10.2 Å². The molecule has 18 heavy (non-hydrogen) atoms. The molecule has 0 heterocycles. The molecule has 1 atom stereocenters. The van der Waals surface area contributed by atoms with E-state index in [0.29, 0.717) is 12.3 Å². The summed E-state index contributed by atoms with van der Waals surface area (Å²) in [4.78, 5) is 15.1. The average Bonchev–Trinajstić information content (AvgIpc) is 2.16. The van der Waals surface area contributed by atoms with Crippen LogP contribution in [0.15, 0.2) is 4.99 Å². The quantitative estimate of drug-likeness (QED) is 0.330. The number of carbonyl (C=O) groups is 1. The van der Waals surface area contributed by atoms with Gasteiger partial charge in [0.15, 0.2) is 5.96 Å². The van der Waals surface area contributed by atoms with Gasteiger partial charge in [-0.25, -0.2) is 0 Å². The SMILES string of the molecule is CC(C)C[C@H](N)C(=O)O.CN(C)C(N)=NC(=N)N. The van der Waals surface area contributed by atoms with Crippen LogP contribution in [0.4, 0.5) is 0 Å². The molecule has 8 N–H and O–H groups in total. The van der Waals surface area contributed by atoms with E-state index in [2.05, 4.69) is 4.99 Å². The van der Waals surface area contributed by atoms with E-state index in [0.717, 1.165) is 0 Å². The van der Waals surface area contributed by atoms with Crippen LogP contribution in [0.1, 0.15) is 20.3 Å². The van der Waals surface area contributed by atoms with Crippen molar-refractivity contribution in [1.82, 2.24) is 4.90 Å². The Morgan fingerprint density at radius 2 is 1.83 bits per heavy atom. The maximum absolute atomic E-state index is 10.1. The lowest BCUT2D eigenvalue weighted by Crippen LogP contribution is -2.32. The van der Waals surface area contributed by atoms with Gasteiger partial charge in [-0.05, 0) is 12.3 Å². The molecule has 0 saturated carbocycles. The highest BCUT2D eigenvalue weighted by Gasteiger charge is 2.11. The van der Waals surface area contributed by atoms with E-state index >= 15 is 0 Å². The van der Waals surface area contributed by atoms with E-state index in [1.807, 2.05) is 13.8 Å². The van der Waals surface area contributed by atoms with Crippen LogP contribution in [0.3, 0.4) is 0 Å².